The number of nitrogens with zero attached hydrogens (tertiary/aromatic N) is 6. The summed E-state index contributed by atoms with van der Waals surface area (Å²) in [5.41, 5.74) is 12.7. The molecule has 1 aliphatic rings. The van der Waals surface area contributed by atoms with E-state index in [1.54, 1.807) is 9.36 Å². The molecule has 3 N–H and O–H groups in total. The van der Waals surface area contributed by atoms with E-state index in [0.29, 0.717) is 11.7 Å². The van der Waals surface area contributed by atoms with Crippen LogP contribution in [0.4, 0.5) is 0 Å². The van der Waals surface area contributed by atoms with Gasteiger partial charge in [-0.05, 0) is 43.5 Å². The number of nitrogens with two attached hydrogens (primary N) is 1. The highest BCUT2D eigenvalue weighted by atomic mass is 15.2. The number of nitrogens with one attached hydrogen (secondary N) is 1. The molecule has 1 fully saturated rings. The average Bonchev–Trinajstić information content (AvgIpc) is 3.47. The second-order valence-corrected chi connectivity index (χ2v) is 8.51. The standard InChI is InChI=1S/C24H28N8/c1-31-14-19(11-28-31)16-5-3-6-17(9-16)24-27-13-21(20-12-29-32(2)15-20)23(30-24)22(25)18-7-4-8-26-10-18/h3,5-6,9,11-15,18,22,26H,4,7-8,10,25H2,1-2H3. The zero-order chi connectivity index (χ0) is 22.1. The third kappa shape index (κ3) is 4.06. The van der Waals surface area contributed by atoms with Crippen LogP contribution in [0.5, 0.6) is 0 Å². The van der Waals surface area contributed by atoms with Crippen molar-refractivity contribution in [2.24, 2.45) is 25.7 Å². The first-order valence-corrected chi connectivity index (χ1v) is 11.0. The Hall–Kier alpha value is -3.36. The molecule has 0 radical (unpaired) electrons. The molecule has 8 nitrogen and oxygen atoms in total. The maximum absolute atomic E-state index is 6.82. The van der Waals surface area contributed by atoms with Gasteiger partial charge in [-0.15, -0.1) is 0 Å². The smallest absolute Gasteiger partial charge is 0.159 e. The lowest BCUT2D eigenvalue weighted by Gasteiger charge is -2.29. The van der Waals surface area contributed by atoms with Crippen LogP contribution in [0, 0.1) is 5.92 Å². The minimum Gasteiger partial charge on any atom is -0.322 e. The van der Waals surface area contributed by atoms with Gasteiger partial charge in [-0.3, -0.25) is 9.36 Å². The molecule has 0 spiro atoms. The Bertz CT molecular complexity index is 1220. The van der Waals surface area contributed by atoms with Gasteiger partial charge < -0.3 is 11.1 Å². The van der Waals surface area contributed by atoms with Crippen LogP contribution >= 0.6 is 0 Å². The minimum atomic E-state index is -0.179. The van der Waals surface area contributed by atoms with Crippen LogP contribution in [0.1, 0.15) is 24.6 Å². The number of rotatable bonds is 5. The highest BCUT2D eigenvalue weighted by Gasteiger charge is 2.26. The number of hydrogen-bond donors (Lipinski definition) is 2. The highest BCUT2D eigenvalue weighted by Crippen LogP contribution is 2.33. The van der Waals surface area contributed by atoms with Crippen molar-refractivity contribution < 1.29 is 0 Å². The largest absolute Gasteiger partial charge is 0.322 e. The SMILES string of the molecule is Cn1cc(-c2cccc(-c3ncc(-c4cnn(C)c4)c(C(N)C4CCCNC4)n3)c2)cn1. The number of benzene rings is 1. The minimum absolute atomic E-state index is 0.179. The zero-order valence-electron chi connectivity index (χ0n) is 18.4. The van der Waals surface area contributed by atoms with E-state index in [-0.39, 0.29) is 6.04 Å². The molecule has 2 atom stereocenters. The van der Waals surface area contributed by atoms with Crippen molar-refractivity contribution in [3.63, 3.8) is 0 Å². The summed E-state index contributed by atoms with van der Waals surface area (Å²) >= 11 is 0. The second-order valence-electron chi connectivity index (χ2n) is 8.51. The summed E-state index contributed by atoms with van der Waals surface area (Å²) < 4.78 is 3.59. The summed E-state index contributed by atoms with van der Waals surface area (Å²) in [5, 5.41) is 12.1. The van der Waals surface area contributed by atoms with E-state index in [4.69, 9.17) is 15.7 Å². The molecule has 1 saturated heterocycles. The monoisotopic (exact) mass is 428 g/mol. The molecule has 0 saturated carbocycles. The summed E-state index contributed by atoms with van der Waals surface area (Å²) in [6.07, 6.45) is 11.8. The van der Waals surface area contributed by atoms with Gasteiger partial charge in [0.15, 0.2) is 5.82 Å². The first-order valence-electron chi connectivity index (χ1n) is 11.0. The van der Waals surface area contributed by atoms with Gasteiger partial charge in [0.25, 0.3) is 0 Å². The molecular weight excluding hydrogens is 400 g/mol. The molecule has 8 heteroatoms. The van der Waals surface area contributed by atoms with Gasteiger partial charge in [0.05, 0.1) is 24.1 Å². The van der Waals surface area contributed by atoms with Gasteiger partial charge in [-0.25, -0.2) is 9.97 Å². The topological polar surface area (TPSA) is 99.5 Å². The molecule has 0 bridgehead atoms. The Morgan fingerprint density at radius 3 is 2.44 bits per heavy atom. The Morgan fingerprint density at radius 1 is 1.00 bits per heavy atom. The number of aryl methyl sites for hydroxylation is 2. The number of piperidine rings is 1. The fourth-order valence-corrected chi connectivity index (χ4v) is 4.39. The average molecular weight is 429 g/mol. The first kappa shape index (κ1) is 20.5. The summed E-state index contributed by atoms with van der Waals surface area (Å²) in [5.74, 6) is 1.02. The highest BCUT2D eigenvalue weighted by molar-refractivity contribution is 5.71. The van der Waals surface area contributed by atoms with Crippen LogP contribution in [0.25, 0.3) is 33.6 Å². The molecule has 3 aromatic heterocycles. The van der Waals surface area contributed by atoms with Crippen molar-refractivity contribution in [3.05, 3.63) is 60.9 Å². The third-order valence-electron chi connectivity index (χ3n) is 6.15. The predicted molar refractivity (Wildman–Crippen MR) is 124 cm³/mol. The van der Waals surface area contributed by atoms with Crippen LogP contribution < -0.4 is 11.1 Å². The van der Waals surface area contributed by atoms with Crippen molar-refractivity contribution in [3.8, 4) is 33.6 Å². The fourth-order valence-electron chi connectivity index (χ4n) is 4.39. The quantitative estimate of drug-likeness (QED) is 0.507. The molecule has 2 unspecified atom stereocenters. The van der Waals surface area contributed by atoms with Gasteiger partial charge in [-0.1, -0.05) is 18.2 Å². The third-order valence-corrected chi connectivity index (χ3v) is 6.15. The summed E-state index contributed by atoms with van der Waals surface area (Å²) in [6, 6.07) is 8.07. The lowest BCUT2D eigenvalue weighted by atomic mass is 9.88. The molecule has 1 aromatic carbocycles. The van der Waals surface area contributed by atoms with Crippen LogP contribution in [0.3, 0.4) is 0 Å². The molecular formula is C24H28N8. The Kier molecular flexibility index (Phi) is 5.55. The number of aromatic nitrogens is 6. The van der Waals surface area contributed by atoms with E-state index in [0.717, 1.165) is 59.4 Å². The lowest BCUT2D eigenvalue weighted by molar-refractivity contribution is 0.323. The van der Waals surface area contributed by atoms with E-state index in [9.17, 15) is 0 Å². The molecule has 0 amide bonds. The Morgan fingerprint density at radius 2 is 1.75 bits per heavy atom. The van der Waals surface area contributed by atoms with E-state index in [1.165, 1.54) is 0 Å². The summed E-state index contributed by atoms with van der Waals surface area (Å²) in [6.45, 7) is 1.96. The Balaban J connectivity index is 1.57. The van der Waals surface area contributed by atoms with E-state index in [1.807, 2.05) is 57.2 Å². The molecule has 0 aliphatic carbocycles. The van der Waals surface area contributed by atoms with Crippen molar-refractivity contribution in [1.82, 2.24) is 34.8 Å². The predicted octanol–water partition coefficient (Wildman–Crippen LogP) is 2.94. The molecule has 4 aromatic rings. The Labute approximate surface area is 187 Å². The van der Waals surface area contributed by atoms with Gasteiger partial charge in [0.1, 0.15) is 0 Å². The van der Waals surface area contributed by atoms with Crippen LogP contribution in [-0.4, -0.2) is 42.6 Å². The van der Waals surface area contributed by atoms with E-state index >= 15 is 0 Å². The molecule has 4 heterocycles. The van der Waals surface area contributed by atoms with E-state index in [2.05, 4.69) is 27.6 Å². The van der Waals surface area contributed by atoms with Crippen LogP contribution in [-0.2, 0) is 14.1 Å². The fraction of sp³-hybridized carbons (Fsp3) is 0.333. The maximum Gasteiger partial charge on any atom is 0.159 e. The van der Waals surface area contributed by atoms with Crippen LogP contribution in [0.2, 0.25) is 0 Å². The second kappa shape index (κ2) is 8.64. The number of hydrogen-bond acceptors (Lipinski definition) is 6. The summed E-state index contributed by atoms with van der Waals surface area (Å²) in [4.78, 5) is 9.74. The maximum atomic E-state index is 6.82. The van der Waals surface area contributed by atoms with Gasteiger partial charge >= 0.3 is 0 Å². The molecule has 32 heavy (non-hydrogen) atoms. The van der Waals surface area contributed by atoms with E-state index < -0.39 is 0 Å². The van der Waals surface area contributed by atoms with Crippen molar-refractivity contribution in [1.29, 1.82) is 0 Å². The summed E-state index contributed by atoms with van der Waals surface area (Å²) in [7, 11) is 3.83. The van der Waals surface area contributed by atoms with Crippen molar-refractivity contribution >= 4 is 0 Å². The van der Waals surface area contributed by atoms with Gasteiger partial charge in [0, 0.05) is 54.9 Å². The lowest BCUT2D eigenvalue weighted by Crippen LogP contribution is -2.37. The zero-order valence-corrected chi connectivity index (χ0v) is 18.4. The van der Waals surface area contributed by atoms with Gasteiger partial charge in [0.2, 0.25) is 0 Å². The van der Waals surface area contributed by atoms with Crippen molar-refractivity contribution in [2.45, 2.75) is 18.9 Å². The molecule has 5 rings (SSSR count). The van der Waals surface area contributed by atoms with Crippen LogP contribution in [0.15, 0.2) is 55.2 Å². The van der Waals surface area contributed by atoms with Crippen molar-refractivity contribution in [2.75, 3.05) is 13.1 Å². The normalized spacial score (nSPS) is 17.4. The molecule has 1 aliphatic heterocycles. The van der Waals surface area contributed by atoms with Gasteiger partial charge in [-0.2, -0.15) is 10.2 Å². The first-order chi connectivity index (χ1) is 15.6. The molecule has 164 valence electrons.